The molecule has 5 heteroatoms. The summed E-state index contributed by atoms with van der Waals surface area (Å²) in [7, 11) is 0. The normalized spacial score (nSPS) is 20.1. The number of carbonyl (C=O) groups excluding carboxylic acids is 1. The molecule has 1 amide bonds. The molecule has 0 radical (unpaired) electrons. The Balaban J connectivity index is 1.50. The summed E-state index contributed by atoms with van der Waals surface area (Å²) in [6.07, 6.45) is 1.83. The van der Waals surface area contributed by atoms with Crippen LogP contribution in [0.1, 0.15) is 30.9 Å². The van der Waals surface area contributed by atoms with Gasteiger partial charge in [-0.3, -0.25) is 4.79 Å². The van der Waals surface area contributed by atoms with Gasteiger partial charge in [0.2, 0.25) is 5.91 Å². The lowest BCUT2D eigenvalue weighted by molar-refractivity contribution is -0.116. The molecule has 0 spiro atoms. The molecular formula is C20H23FN2O2. The van der Waals surface area contributed by atoms with Gasteiger partial charge in [0.05, 0.1) is 0 Å². The van der Waals surface area contributed by atoms with Crippen molar-refractivity contribution in [1.82, 2.24) is 5.32 Å². The van der Waals surface area contributed by atoms with Gasteiger partial charge in [-0.25, -0.2) is 4.39 Å². The molecule has 2 unspecified atom stereocenters. The Morgan fingerprint density at radius 2 is 1.96 bits per heavy atom. The average molecular weight is 342 g/mol. The van der Waals surface area contributed by atoms with E-state index >= 15 is 0 Å². The highest BCUT2D eigenvalue weighted by molar-refractivity contribution is 5.91. The minimum Gasteiger partial charge on any atom is -0.384 e. The molecule has 2 aromatic carbocycles. The van der Waals surface area contributed by atoms with Gasteiger partial charge in [0.1, 0.15) is 11.4 Å². The Bertz CT molecular complexity index is 748. The van der Waals surface area contributed by atoms with E-state index in [1.807, 2.05) is 31.2 Å². The van der Waals surface area contributed by atoms with Crippen molar-refractivity contribution in [2.45, 2.75) is 37.8 Å². The van der Waals surface area contributed by atoms with E-state index in [2.05, 4.69) is 10.6 Å². The molecule has 0 saturated heterocycles. The van der Waals surface area contributed by atoms with Gasteiger partial charge >= 0.3 is 0 Å². The molecule has 1 aliphatic rings. The molecule has 0 aromatic heterocycles. The van der Waals surface area contributed by atoms with E-state index in [9.17, 15) is 14.3 Å². The van der Waals surface area contributed by atoms with Gasteiger partial charge in [-0.15, -0.1) is 0 Å². The van der Waals surface area contributed by atoms with E-state index in [0.29, 0.717) is 18.7 Å². The molecule has 4 nitrogen and oxygen atoms in total. The maximum Gasteiger partial charge on any atom is 0.225 e. The number of carbonyl (C=O) groups is 1. The van der Waals surface area contributed by atoms with Gasteiger partial charge in [0.25, 0.3) is 0 Å². The number of amides is 1. The summed E-state index contributed by atoms with van der Waals surface area (Å²) >= 11 is 0. The van der Waals surface area contributed by atoms with E-state index in [1.165, 1.54) is 29.8 Å². The fraction of sp³-hybridized carbons (Fsp3) is 0.350. The van der Waals surface area contributed by atoms with Crippen LogP contribution in [0.25, 0.3) is 0 Å². The summed E-state index contributed by atoms with van der Waals surface area (Å²) in [6, 6.07) is 13.5. The predicted octanol–water partition coefficient (Wildman–Crippen LogP) is 2.97. The standard InChI is InChI=1S/C20H23FN2O2/c1-14(12-19(24)23-17-8-6-16(21)7-9-17)22-13-20(25)11-10-15-4-2-3-5-18(15)20/h2-9,14,22,25H,10-13H2,1H3,(H,23,24). The van der Waals surface area contributed by atoms with Crippen molar-refractivity contribution in [3.63, 3.8) is 0 Å². The fourth-order valence-electron chi connectivity index (χ4n) is 3.29. The van der Waals surface area contributed by atoms with Crippen LogP contribution in [0.5, 0.6) is 0 Å². The third-order valence-electron chi connectivity index (χ3n) is 4.69. The van der Waals surface area contributed by atoms with Crippen molar-refractivity contribution in [2.75, 3.05) is 11.9 Å². The number of aliphatic hydroxyl groups is 1. The van der Waals surface area contributed by atoms with Crippen LogP contribution in [0.3, 0.4) is 0 Å². The topological polar surface area (TPSA) is 61.4 Å². The number of hydrogen-bond acceptors (Lipinski definition) is 3. The Morgan fingerprint density at radius 3 is 2.72 bits per heavy atom. The second-order valence-electron chi connectivity index (χ2n) is 6.73. The summed E-state index contributed by atoms with van der Waals surface area (Å²) in [6.45, 7) is 2.32. The molecule has 3 rings (SSSR count). The highest BCUT2D eigenvalue weighted by Gasteiger charge is 2.36. The SMILES string of the molecule is CC(CC(=O)Nc1ccc(F)cc1)NCC1(O)CCc2ccccc21. The summed E-state index contributed by atoms with van der Waals surface area (Å²) in [5, 5.41) is 16.9. The molecule has 2 atom stereocenters. The predicted molar refractivity (Wildman–Crippen MR) is 95.8 cm³/mol. The van der Waals surface area contributed by atoms with Crippen LogP contribution in [0.4, 0.5) is 10.1 Å². The second-order valence-corrected chi connectivity index (χ2v) is 6.73. The lowest BCUT2D eigenvalue weighted by Gasteiger charge is -2.26. The molecule has 0 aliphatic heterocycles. The molecule has 2 aromatic rings. The molecular weight excluding hydrogens is 319 g/mol. The first-order chi connectivity index (χ1) is 12.0. The van der Waals surface area contributed by atoms with E-state index < -0.39 is 5.60 Å². The maximum atomic E-state index is 12.9. The van der Waals surface area contributed by atoms with Crippen LogP contribution in [0.15, 0.2) is 48.5 Å². The molecule has 1 aliphatic carbocycles. The van der Waals surface area contributed by atoms with E-state index in [4.69, 9.17) is 0 Å². The van der Waals surface area contributed by atoms with Gasteiger partial charge in [-0.1, -0.05) is 24.3 Å². The first kappa shape index (κ1) is 17.6. The Kier molecular flexibility index (Phi) is 5.16. The average Bonchev–Trinajstić information content (AvgIpc) is 2.93. The van der Waals surface area contributed by atoms with Gasteiger partial charge in [-0.05, 0) is 55.2 Å². The van der Waals surface area contributed by atoms with Crippen molar-refractivity contribution in [2.24, 2.45) is 0 Å². The monoisotopic (exact) mass is 342 g/mol. The summed E-state index contributed by atoms with van der Waals surface area (Å²) in [5.74, 6) is -0.483. The van der Waals surface area contributed by atoms with Gasteiger partial charge in [-0.2, -0.15) is 0 Å². The molecule has 0 fully saturated rings. The van der Waals surface area contributed by atoms with Gasteiger partial charge in [0.15, 0.2) is 0 Å². The third-order valence-corrected chi connectivity index (χ3v) is 4.69. The van der Waals surface area contributed by atoms with E-state index in [1.54, 1.807) is 0 Å². The van der Waals surface area contributed by atoms with Crippen LogP contribution in [-0.4, -0.2) is 23.6 Å². The quantitative estimate of drug-likeness (QED) is 0.756. The number of benzene rings is 2. The summed E-state index contributed by atoms with van der Waals surface area (Å²) in [5.41, 5.74) is 1.86. The van der Waals surface area contributed by atoms with Crippen LogP contribution < -0.4 is 10.6 Å². The number of rotatable bonds is 6. The Morgan fingerprint density at radius 1 is 1.24 bits per heavy atom. The smallest absolute Gasteiger partial charge is 0.225 e. The van der Waals surface area contributed by atoms with E-state index in [0.717, 1.165) is 12.0 Å². The minimum absolute atomic E-state index is 0.0859. The number of hydrogen-bond donors (Lipinski definition) is 3. The molecule has 0 heterocycles. The first-order valence-electron chi connectivity index (χ1n) is 8.56. The number of anilines is 1. The van der Waals surface area contributed by atoms with Crippen LogP contribution in [0, 0.1) is 5.82 Å². The van der Waals surface area contributed by atoms with Crippen molar-refractivity contribution in [3.05, 3.63) is 65.5 Å². The molecule has 0 saturated carbocycles. The number of nitrogens with one attached hydrogen (secondary N) is 2. The van der Waals surface area contributed by atoms with E-state index in [-0.39, 0.29) is 24.2 Å². The number of aryl methyl sites for hydroxylation is 1. The lowest BCUT2D eigenvalue weighted by atomic mass is 9.95. The number of halogens is 1. The lowest BCUT2D eigenvalue weighted by Crippen LogP contribution is -2.41. The highest BCUT2D eigenvalue weighted by atomic mass is 19.1. The van der Waals surface area contributed by atoms with Crippen molar-refractivity contribution in [3.8, 4) is 0 Å². The molecule has 3 N–H and O–H groups in total. The van der Waals surface area contributed by atoms with Gasteiger partial charge in [0, 0.05) is 24.7 Å². The zero-order valence-electron chi connectivity index (χ0n) is 14.3. The van der Waals surface area contributed by atoms with Crippen LogP contribution in [-0.2, 0) is 16.8 Å². The zero-order chi connectivity index (χ0) is 17.9. The van der Waals surface area contributed by atoms with Crippen molar-refractivity contribution < 1.29 is 14.3 Å². The second kappa shape index (κ2) is 7.33. The highest BCUT2D eigenvalue weighted by Crippen LogP contribution is 2.36. The Hall–Kier alpha value is -2.24. The van der Waals surface area contributed by atoms with Crippen LogP contribution >= 0.6 is 0 Å². The fourth-order valence-corrected chi connectivity index (χ4v) is 3.29. The largest absolute Gasteiger partial charge is 0.384 e. The molecule has 132 valence electrons. The Labute approximate surface area is 147 Å². The minimum atomic E-state index is -0.877. The zero-order valence-corrected chi connectivity index (χ0v) is 14.3. The molecule has 25 heavy (non-hydrogen) atoms. The van der Waals surface area contributed by atoms with Crippen molar-refractivity contribution >= 4 is 11.6 Å². The summed E-state index contributed by atoms with van der Waals surface area (Å²) in [4.78, 5) is 12.1. The van der Waals surface area contributed by atoms with Crippen molar-refractivity contribution in [1.29, 1.82) is 0 Å². The molecule has 0 bridgehead atoms. The first-order valence-corrected chi connectivity index (χ1v) is 8.56. The summed E-state index contributed by atoms with van der Waals surface area (Å²) < 4.78 is 12.9. The maximum absolute atomic E-state index is 12.9. The van der Waals surface area contributed by atoms with Crippen LogP contribution in [0.2, 0.25) is 0 Å². The third kappa shape index (κ3) is 4.24. The van der Waals surface area contributed by atoms with Gasteiger partial charge < -0.3 is 15.7 Å². The number of fused-ring (bicyclic) bond motifs is 1.